The van der Waals surface area contributed by atoms with Gasteiger partial charge in [0.05, 0.1) is 6.10 Å². The molecule has 0 aromatic heterocycles. The van der Waals surface area contributed by atoms with Crippen molar-refractivity contribution in [1.82, 2.24) is 0 Å². The molecule has 9 atom stereocenters. The van der Waals surface area contributed by atoms with E-state index in [9.17, 15) is 14.7 Å². The second kappa shape index (κ2) is 7.52. The van der Waals surface area contributed by atoms with E-state index >= 15 is 0 Å². The standard InChI is InChI=1S/C27H40O4/c1-15(2)5-8-23-16(3)24-22(29)14-21-19-7-6-17-13-18(28)9-11-26(17,4)20(19)10-12-27(21,24)25(30)31-23/h13,15-16,19-21,23-25,30H,5-12,14H2,1-4H3/t16-,19-,20-,21-,23-,24+,25+,26+,27-/m1/s1. The first-order valence-electron chi connectivity index (χ1n) is 12.8. The molecular formula is C27H40O4. The van der Waals surface area contributed by atoms with Gasteiger partial charge in [0.25, 0.3) is 0 Å². The van der Waals surface area contributed by atoms with E-state index in [-0.39, 0.29) is 35.1 Å². The van der Waals surface area contributed by atoms with Crippen molar-refractivity contribution in [2.24, 2.45) is 46.3 Å². The Labute approximate surface area is 187 Å². The number of hydrogen-bond acceptors (Lipinski definition) is 4. The summed E-state index contributed by atoms with van der Waals surface area (Å²) in [4.78, 5) is 25.5. The Balaban J connectivity index is 1.45. The van der Waals surface area contributed by atoms with Gasteiger partial charge in [0.1, 0.15) is 5.78 Å². The molecule has 0 radical (unpaired) electrons. The topological polar surface area (TPSA) is 63.6 Å². The van der Waals surface area contributed by atoms with E-state index in [2.05, 4.69) is 27.7 Å². The van der Waals surface area contributed by atoms with Crippen molar-refractivity contribution in [2.75, 3.05) is 0 Å². The summed E-state index contributed by atoms with van der Waals surface area (Å²) in [5.74, 6) is 2.57. The Morgan fingerprint density at radius 1 is 1.16 bits per heavy atom. The van der Waals surface area contributed by atoms with Gasteiger partial charge in [-0.2, -0.15) is 0 Å². The molecule has 1 aliphatic heterocycles. The van der Waals surface area contributed by atoms with Crippen LogP contribution in [0.15, 0.2) is 11.6 Å². The number of carbonyl (C=O) groups excluding carboxylic acids is 2. The largest absolute Gasteiger partial charge is 0.367 e. The SMILES string of the molecule is CC(C)CC[C@H]1O[C@H](O)[C@]23CC[C@@H]4[C@@H](CCC5=CC(=O)CC[C@@]54C)[C@H]2CC(=O)[C@@H]3[C@@H]1C. The number of aliphatic hydroxyl groups excluding tert-OH is 1. The Kier molecular flexibility index (Phi) is 5.29. The van der Waals surface area contributed by atoms with Crippen LogP contribution in [0, 0.1) is 46.3 Å². The number of rotatable bonds is 3. The second-order valence-electron chi connectivity index (χ2n) is 12.1. The van der Waals surface area contributed by atoms with Gasteiger partial charge in [0.2, 0.25) is 0 Å². The lowest BCUT2D eigenvalue weighted by molar-refractivity contribution is -0.293. The van der Waals surface area contributed by atoms with Crippen LogP contribution in [0.3, 0.4) is 0 Å². The van der Waals surface area contributed by atoms with Gasteiger partial charge < -0.3 is 9.84 Å². The highest BCUT2D eigenvalue weighted by molar-refractivity contribution is 5.91. The Morgan fingerprint density at radius 3 is 2.68 bits per heavy atom. The summed E-state index contributed by atoms with van der Waals surface area (Å²) >= 11 is 0. The van der Waals surface area contributed by atoms with Crippen LogP contribution in [0.2, 0.25) is 0 Å². The first kappa shape index (κ1) is 21.8. The fraction of sp³-hybridized carbons (Fsp3) is 0.852. The number of carbonyl (C=O) groups is 2. The number of aliphatic hydroxyl groups is 1. The third kappa shape index (κ3) is 3.07. The lowest BCUT2D eigenvalue weighted by Crippen LogP contribution is -2.61. The minimum absolute atomic E-state index is 0.0174. The molecule has 3 saturated carbocycles. The van der Waals surface area contributed by atoms with Crippen molar-refractivity contribution in [1.29, 1.82) is 0 Å². The van der Waals surface area contributed by atoms with Crippen LogP contribution in [0.5, 0.6) is 0 Å². The van der Waals surface area contributed by atoms with Gasteiger partial charge in [-0.3, -0.25) is 9.59 Å². The van der Waals surface area contributed by atoms with Crippen LogP contribution >= 0.6 is 0 Å². The van der Waals surface area contributed by atoms with Gasteiger partial charge >= 0.3 is 0 Å². The molecule has 172 valence electrons. The molecule has 1 N–H and O–H groups in total. The summed E-state index contributed by atoms with van der Waals surface area (Å²) in [6.07, 6.45) is 9.24. The second-order valence-corrected chi connectivity index (χ2v) is 12.1. The van der Waals surface area contributed by atoms with Gasteiger partial charge in [0.15, 0.2) is 12.1 Å². The van der Waals surface area contributed by atoms with Gasteiger partial charge in [-0.15, -0.1) is 0 Å². The smallest absolute Gasteiger partial charge is 0.161 e. The van der Waals surface area contributed by atoms with E-state index in [4.69, 9.17) is 4.74 Å². The molecule has 5 rings (SSSR count). The minimum Gasteiger partial charge on any atom is -0.367 e. The molecule has 0 amide bonds. The number of ether oxygens (including phenoxy) is 1. The first-order chi connectivity index (χ1) is 14.7. The molecule has 4 nitrogen and oxygen atoms in total. The van der Waals surface area contributed by atoms with Crippen LogP contribution in [0.4, 0.5) is 0 Å². The average Bonchev–Trinajstić information content (AvgIpc) is 3.04. The number of Topliss-reactive ketones (excluding diaryl/α,β-unsaturated/α-hetero) is 1. The van der Waals surface area contributed by atoms with Crippen molar-refractivity contribution < 1.29 is 19.4 Å². The van der Waals surface area contributed by atoms with E-state index in [0.717, 1.165) is 44.9 Å². The molecule has 5 aliphatic rings. The summed E-state index contributed by atoms with van der Waals surface area (Å²) in [6.45, 7) is 9.00. The van der Waals surface area contributed by atoms with Crippen molar-refractivity contribution in [2.45, 2.75) is 97.9 Å². The lowest BCUT2D eigenvalue weighted by atomic mass is 9.45. The molecule has 1 spiro atoms. The minimum atomic E-state index is -0.819. The fourth-order valence-corrected chi connectivity index (χ4v) is 8.83. The van der Waals surface area contributed by atoms with E-state index in [1.165, 1.54) is 5.57 Å². The zero-order valence-electron chi connectivity index (χ0n) is 19.7. The molecule has 0 bridgehead atoms. The van der Waals surface area contributed by atoms with Gasteiger partial charge in [-0.1, -0.05) is 33.3 Å². The predicted molar refractivity (Wildman–Crippen MR) is 119 cm³/mol. The van der Waals surface area contributed by atoms with Crippen molar-refractivity contribution in [3.63, 3.8) is 0 Å². The van der Waals surface area contributed by atoms with E-state index < -0.39 is 11.7 Å². The normalized spacial score (nSPS) is 49.2. The highest BCUT2D eigenvalue weighted by atomic mass is 16.6. The highest BCUT2D eigenvalue weighted by Gasteiger charge is 2.69. The van der Waals surface area contributed by atoms with Crippen LogP contribution in [0.25, 0.3) is 0 Å². The van der Waals surface area contributed by atoms with E-state index in [0.29, 0.717) is 36.4 Å². The maximum absolute atomic E-state index is 13.5. The third-order valence-corrected chi connectivity index (χ3v) is 10.4. The van der Waals surface area contributed by atoms with Crippen LogP contribution < -0.4 is 0 Å². The predicted octanol–water partition coefficient (Wildman–Crippen LogP) is 5.08. The summed E-state index contributed by atoms with van der Waals surface area (Å²) in [5.41, 5.74) is 1.05. The summed E-state index contributed by atoms with van der Waals surface area (Å²) in [5, 5.41) is 11.4. The van der Waals surface area contributed by atoms with Crippen molar-refractivity contribution in [3.8, 4) is 0 Å². The van der Waals surface area contributed by atoms with Crippen LogP contribution in [-0.4, -0.2) is 29.1 Å². The molecule has 0 unspecified atom stereocenters. The van der Waals surface area contributed by atoms with Crippen LogP contribution in [0.1, 0.15) is 85.5 Å². The number of allylic oxidation sites excluding steroid dienone is 1. The molecular weight excluding hydrogens is 388 g/mol. The zero-order chi connectivity index (χ0) is 22.1. The lowest BCUT2D eigenvalue weighted by Gasteiger charge is -2.61. The maximum Gasteiger partial charge on any atom is 0.161 e. The number of hydrogen-bond donors (Lipinski definition) is 1. The van der Waals surface area contributed by atoms with Gasteiger partial charge in [0, 0.05) is 24.2 Å². The summed E-state index contributed by atoms with van der Waals surface area (Å²) in [6, 6.07) is 0. The molecule has 4 aliphatic carbocycles. The Hall–Kier alpha value is -1.00. The van der Waals surface area contributed by atoms with Gasteiger partial charge in [-0.25, -0.2) is 0 Å². The van der Waals surface area contributed by atoms with Crippen molar-refractivity contribution in [3.05, 3.63) is 11.6 Å². The molecule has 1 saturated heterocycles. The Morgan fingerprint density at radius 2 is 1.94 bits per heavy atom. The molecule has 1 heterocycles. The maximum atomic E-state index is 13.5. The van der Waals surface area contributed by atoms with E-state index in [1.54, 1.807) is 0 Å². The molecule has 31 heavy (non-hydrogen) atoms. The van der Waals surface area contributed by atoms with Crippen LogP contribution in [-0.2, 0) is 14.3 Å². The average molecular weight is 429 g/mol. The quantitative estimate of drug-likeness (QED) is 0.681. The monoisotopic (exact) mass is 428 g/mol. The molecule has 0 aromatic rings. The summed E-state index contributed by atoms with van der Waals surface area (Å²) < 4.78 is 6.34. The zero-order valence-corrected chi connectivity index (χ0v) is 19.7. The number of fused-ring (bicyclic) bond motifs is 4. The third-order valence-electron chi connectivity index (χ3n) is 10.4. The molecule has 4 fully saturated rings. The van der Waals surface area contributed by atoms with Gasteiger partial charge in [-0.05, 0) is 86.0 Å². The molecule has 0 aromatic carbocycles. The first-order valence-corrected chi connectivity index (χ1v) is 12.8. The van der Waals surface area contributed by atoms with Crippen molar-refractivity contribution >= 4 is 11.6 Å². The number of ketones is 2. The Bertz CT molecular complexity index is 799. The highest BCUT2D eigenvalue weighted by Crippen LogP contribution is 2.69. The fourth-order valence-electron chi connectivity index (χ4n) is 8.83. The molecule has 4 heteroatoms. The summed E-state index contributed by atoms with van der Waals surface area (Å²) in [7, 11) is 0. The van der Waals surface area contributed by atoms with E-state index in [1.807, 2.05) is 6.08 Å².